The molecule has 0 aliphatic rings. The second kappa shape index (κ2) is 3.73. The van der Waals surface area contributed by atoms with Crippen LogP contribution in [0.25, 0.3) is 22.3 Å². The van der Waals surface area contributed by atoms with E-state index >= 15 is 0 Å². The van der Waals surface area contributed by atoms with Crippen molar-refractivity contribution in [1.82, 2.24) is 20.2 Å². The maximum atomic E-state index is 13.2. The van der Waals surface area contributed by atoms with E-state index in [1.54, 1.807) is 0 Å². The molecule has 0 amide bonds. The smallest absolute Gasteiger partial charge is 0.222 e. The van der Waals surface area contributed by atoms with Crippen molar-refractivity contribution in [2.75, 3.05) is 5.73 Å². The molecule has 0 fully saturated rings. The molecule has 2 aromatic heterocycles. The van der Waals surface area contributed by atoms with Gasteiger partial charge in [0.1, 0.15) is 0 Å². The number of halogens is 2. The standard InChI is InChI=1S/C11H7F2N5/c12-7-2-1-5(3-8(7)13)9-6-4-15-18-10(6)17-11(14)16-9/h1-4H,(H3,14,15,16,17,18). The lowest BCUT2D eigenvalue weighted by Gasteiger charge is -2.03. The molecule has 0 unspecified atom stereocenters. The summed E-state index contributed by atoms with van der Waals surface area (Å²) in [7, 11) is 0. The largest absolute Gasteiger partial charge is 0.368 e. The Kier molecular flexibility index (Phi) is 2.19. The number of aromatic amines is 1. The van der Waals surface area contributed by atoms with Crippen LogP contribution in [0.1, 0.15) is 0 Å². The van der Waals surface area contributed by atoms with Gasteiger partial charge in [-0.15, -0.1) is 0 Å². The van der Waals surface area contributed by atoms with Crippen molar-refractivity contribution in [3.8, 4) is 11.3 Å². The van der Waals surface area contributed by atoms with Gasteiger partial charge in [-0.05, 0) is 18.2 Å². The van der Waals surface area contributed by atoms with E-state index in [1.807, 2.05) is 0 Å². The third-order valence-corrected chi connectivity index (χ3v) is 2.52. The number of nitrogens with one attached hydrogen (secondary N) is 1. The first-order valence-electron chi connectivity index (χ1n) is 5.07. The monoisotopic (exact) mass is 247 g/mol. The maximum Gasteiger partial charge on any atom is 0.222 e. The van der Waals surface area contributed by atoms with E-state index < -0.39 is 11.6 Å². The highest BCUT2D eigenvalue weighted by molar-refractivity contribution is 5.90. The Bertz CT molecular complexity index is 737. The third-order valence-electron chi connectivity index (χ3n) is 2.52. The quantitative estimate of drug-likeness (QED) is 0.688. The van der Waals surface area contributed by atoms with Crippen molar-refractivity contribution in [1.29, 1.82) is 0 Å². The third kappa shape index (κ3) is 1.56. The van der Waals surface area contributed by atoms with E-state index in [1.165, 1.54) is 12.3 Å². The van der Waals surface area contributed by atoms with Crippen molar-refractivity contribution in [3.63, 3.8) is 0 Å². The number of hydrogen-bond donors (Lipinski definition) is 2. The van der Waals surface area contributed by atoms with Crippen LogP contribution in [-0.2, 0) is 0 Å². The molecule has 7 heteroatoms. The minimum Gasteiger partial charge on any atom is -0.368 e. The molecule has 0 aliphatic heterocycles. The van der Waals surface area contributed by atoms with Crippen LogP contribution in [0, 0.1) is 11.6 Å². The van der Waals surface area contributed by atoms with Crippen LogP contribution < -0.4 is 5.73 Å². The van der Waals surface area contributed by atoms with Gasteiger partial charge in [0, 0.05) is 5.56 Å². The summed E-state index contributed by atoms with van der Waals surface area (Å²) in [6.07, 6.45) is 1.51. The first-order valence-corrected chi connectivity index (χ1v) is 5.07. The lowest BCUT2D eigenvalue weighted by Crippen LogP contribution is -1.98. The zero-order valence-electron chi connectivity index (χ0n) is 8.98. The molecule has 1 aromatic carbocycles. The molecular formula is C11H7F2N5. The minimum atomic E-state index is -0.943. The number of aromatic nitrogens is 4. The van der Waals surface area contributed by atoms with Gasteiger partial charge in [-0.3, -0.25) is 5.10 Å². The van der Waals surface area contributed by atoms with Crippen molar-refractivity contribution >= 4 is 17.0 Å². The lowest BCUT2D eigenvalue weighted by molar-refractivity contribution is 0.509. The predicted octanol–water partition coefficient (Wildman–Crippen LogP) is 1.88. The number of hydrogen-bond acceptors (Lipinski definition) is 4. The fourth-order valence-corrected chi connectivity index (χ4v) is 1.72. The molecule has 0 saturated heterocycles. The highest BCUT2D eigenvalue weighted by atomic mass is 19.2. The molecule has 0 radical (unpaired) electrons. The Morgan fingerprint density at radius 2 is 1.94 bits per heavy atom. The van der Waals surface area contributed by atoms with E-state index in [-0.39, 0.29) is 5.95 Å². The number of benzene rings is 1. The number of nitrogens with zero attached hydrogens (tertiary/aromatic N) is 3. The van der Waals surface area contributed by atoms with Gasteiger partial charge in [-0.1, -0.05) is 0 Å². The number of fused-ring (bicyclic) bond motifs is 1. The summed E-state index contributed by atoms with van der Waals surface area (Å²) in [5, 5.41) is 7.06. The molecule has 0 saturated carbocycles. The second-order valence-corrected chi connectivity index (χ2v) is 3.69. The van der Waals surface area contributed by atoms with Crippen molar-refractivity contribution < 1.29 is 8.78 Å². The SMILES string of the molecule is Nc1nc(-c2ccc(F)c(F)c2)c2cn[nH]c2n1. The topological polar surface area (TPSA) is 80.5 Å². The van der Waals surface area contributed by atoms with E-state index in [2.05, 4.69) is 20.2 Å². The van der Waals surface area contributed by atoms with Crippen LogP contribution >= 0.6 is 0 Å². The Labute approximate surface area is 99.7 Å². The Balaban J connectivity index is 2.30. The Hall–Kier alpha value is -2.57. The molecule has 2 heterocycles. The summed E-state index contributed by atoms with van der Waals surface area (Å²) in [5.41, 5.74) is 6.82. The van der Waals surface area contributed by atoms with Crippen LogP contribution in [0.4, 0.5) is 14.7 Å². The number of anilines is 1. The van der Waals surface area contributed by atoms with E-state index in [4.69, 9.17) is 5.73 Å². The number of rotatable bonds is 1. The van der Waals surface area contributed by atoms with Gasteiger partial charge < -0.3 is 5.73 Å². The number of H-pyrrole nitrogens is 1. The lowest BCUT2D eigenvalue weighted by atomic mass is 10.1. The molecule has 0 spiro atoms. The van der Waals surface area contributed by atoms with Gasteiger partial charge >= 0.3 is 0 Å². The Morgan fingerprint density at radius 1 is 1.11 bits per heavy atom. The molecule has 0 aliphatic carbocycles. The van der Waals surface area contributed by atoms with Gasteiger partial charge in [0.2, 0.25) is 5.95 Å². The average Bonchev–Trinajstić information content (AvgIpc) is 2.79. The second-order valence-electron chi connectivity index (χ2n) is 3.69. The average molecular weight is 247 g/mol. The first kappa shape index (κ1) is 10.6. The maximum absolute atomic E-state index is 13.2. The number of nitrogen functional groups attached to an aromatic ring is 1. The van der Waals surface area contributed by atoms with Gasteiger partial charge in [0.05, 0.1) is 17.3 Å². The molecule has 0 bridgehead atoms. The van der Waals surface area contributed by atoms with Crippen LogP contribution in [0.3, 0.4) is 0 Å². The summed E-state index contributed by atoms with van der Waals surface area (Å²) in [5.74, 6) is -1.82. The van der Waals surface area contributed by atoms with Gasteiger partial charge in [-0.2, -0.15) is 10.1 Å². The Morgan fingerprint density at radius 3 is 2.72 bits per heavy atom. The van der Waals surface area contributed by atoms with Crippen LogP contribution in [0.15, 0.2) is 24.4 Å². The minimum absolute atomic E-state index is 0.0338. The van der Waals surface area contributed by atoms with E-state index in [0.717, 1.165) is 12.1 Å². The van der Waals surface area contributed by atoms with E-state index in [0.29, 0.717) is 22.3 Å². The van der Waals surface area contributed by atoms with Gasteiger partial charge in [-0.25, -0.2) is 13.8 Å². The molecule has 18 heavy (non-hydrogen) atoms. The molecule has 3 aromatic rings. The number of nitrogens with two attached hydrogens (primary N) is 1. The fourth-order valence-electron chi connectivity index (χ4n) is 1.72. The van der Waals surface area contributed by atoms with Crippen molar-refractivity contribution in [3.05, 3.63) is 36.0 Å². The highest BCUT2D eigenvalue weighted by Crippen LogP contribution is 2.26. The molecule has 0 atom stereocenters. The first-order chi connectivity index (χ1) is 8.65. The predicted molar refractivity (Wildman–Crippen MR) is 61.4 cm³/mol. The molecule has 3 rings (SSSR count). The highest BCUT2D eigenvalue weighted by Gasteiger charge is 2.12. The van der Waals surface area contributed by atoms with Crippen LogP contribution in [-0.4, -0.2) is 20.2 Å². The summed E-state index contributed by atoms with van der Waals surface area (Å²) >= 11 is 0. The van der Waals surface area contributed by atoms with Gasteiger partial charge in [0.25, 0.3) is 0 Å². The molecule has 5 nitrogen and oxygen atoms in total. The van der Waals surface area contributed by atoms with Crippen LogP contribution in [0.2, 0.25) is 0 Å². The zero-order chi connectivity index (χ0) is 12.7. The molecule has 90 valence electrons. The summed E-state index contributed by atoms with van der Waals surface area (Å²) in [6, 6.07) is 3.52. The van der Waals surface area contributed by atoms with E-state index in [9.17, 15) is 8.78 Å². The summed E-state index contributed by atoms with van der Waals surface area (Å²) in [6.45, 7) is 0. The molecule has 3 N–H and O–H groups in total. The normalized spacial score (nSPS) is 11.0. The van der Waals surface area contributed by atoms with Gasteiger partial charge in [0.15, 0.2) is 17.3 Å². The van der Waals surface area contributed by atoms with Crippen molar-refractivity contribution in [2.45, 2.75) is 0 Å². The summed E-state index contributed by atoms with van der Waals surface area (Å²) < 4.78 is 26.1. The van der Waals surface area contributed by atoms with Crippen LogP contribution in [0.5, 0.6) is 0 Å². The zero-order valence-corrected chi connectivity index (χ0v) is 8.98. The fraction of sp³-hybridized carbons (Fsp3) is 0. The van der Waals surface area contributed by atoms with Crippen molar-refractivity contribution in [2.24, 2.45) is 0 Å². The molecular weight excluding hydrogens is 240 g/mol. The summed E-state index contributed by atoms with van der Waals surface area (Å²) in [4.78, 5) is 7.97.